The monoisotopic (exact) mass is 434 g/mol. The van der Waals surface area contributed by atoms with Crippen molar-refractivity contribution in [1.82, 2.24) is 0 Å². The number of hydrogen-bond acceptors (Lipinski definition) is 0. The average Bonchev–Trinajstić information content (AvgIpc) is 2.51. The molecule has 3 aromatic carbocycles. The second-order valence-electron chi connectivity index (χ2n) is 4.55. The van der Waals surface area contributed by atoms with Gasteiger partial charge in [0.15, 0.2) is 0 Å². The minimum atomic E-state index is 1.16. The molecule has 0 fully saturated rings. The molecule has 20 heavy (non-hydrogen) atoms. The summed E-state index contributed by atoms with van der Waals surface area (Å²) in [4.78, 5) is 0. The van der Waals surface area contributed by atoms with Crippen LogP contribution in [0.15, 0.2) is 77.3 Å². The summed E-state index contributed by atoms with van der Waals surface area (Å²) in [5.74, 6) is 0. The van der Waals surface area contributed by atoms with E-state index in [1.165, 1.54) is 25.8 Å². The molecule has 0 saturated carbocycles. The lowest BCUT2D eigenvalue weighted by atomic mass is 9.99. The lowest BCUT2D eigenvalue weighted by Gasteiger charge is -2.09. The van der Waals surface area contributed by atoms with Crippen LogP contribution >= 0.6 is 38.5 Å². The van der Waals surface area contributed by atoms with Crippen LogP contribution in [-0.2, 0) is 0 Å². The lowest BCUT2D eigenvalue weighted by Crippen LogP contribution is -1.84. The Balaban J connectivity index is 2.10. The van der Waals surface area contributed by atoms with Crippen LogP contribution in [0.2, 0.25) is 0 Å². The summed E-state index contributed by atoms with van der Waals surface area (Å²) in [6.07, 6.45) is 0. The summed E-state index contributed by atoms with van der Waals surface area (Å²) < 4.78 is 2.39. The molecule has 0 spiro atoms. The maximum absolute atomic E-state index is 3.69. The van der Waals surface area contributed by atoms with Gasteiger partial charge in [0.1, 0.15) is 0 Å². The van der Waals surface area contributed by atoms with Gasteiger partial charge < -0.3 is 0 Å². The Hall–Kier alpha value is -1.13. The smallest absolute Gasteiger partial charge is 0.0387 e. The molecule has 0 N–H and O–H groups in total. The lowest BCUT2D eigenvalue weighted by molar-refractivity contribution is 1.54. The molecule has 0 aromatic heterocycles. The molecule has 0 atom stereocenters. The summed E-state index contributed by atoms with van der Waals surface area (Å²) in [5.41, 5.74) is 4.95. The predicted molar refractivity (Wildman–Crippen MR) is 97.7 cm³/mol. The van der Waals surface area contributed by atoms with Gasteiger partial charge in [-0.15, -0.1) is 0 Å². The molecule has 2 heteroatoms. The van der Waals surface area contributed by atoms with Crippen molar-refractivity contribution in [2.24, 2.45) is 0 Å². The van der Waals surface area contributed by atoms with Crippen LogP contribution in [0, 0.1) is 3.57 Å². The first kappa shape index (κ1) is 13.8. The number of benzene rings is 3. The van der Waals surface area contributed by atoms with Gasteiger partial charge in [0.2, 0.25) is 0 Å². The van der Waals surface area contributed by atoms with Crippen molar-refractivity contribution in [2.75, 3.05) is 0 Å². The van der Waals surface area contributed by atoms with Gasteiger partial charge in [-0.25, -0.2) is 0 Å². The highest BCUT2D eigenvalue weighted by atomic mass is 127. The second kappa shape index (κ2) is 6.10. The molecule has 3 rings (SSSR count). The summed E-state index contributed by atoms with van der Waals surface area (Å²) in [6, 6.07) is 25.5. The Bertz CT molecular complexity index is 735. The molecule has 0 aliphatic heterocycles. The predicted octanol–water partition coefficient (Wildman–Crippen LogP) is 6.39. The van der Waals surface area contributed by atoms with Gasteiger partial charge in [-0.3, -0.25) is 0 Å². The minimum Gasteiger partial charge on any atom is -0.0622 e. The van der Waals surface area contributed by atoms with Gasteiger partial charge in [-0.1, -0.05) is 60.7 Å². The summed E-state index contributed by atoms with van der Waals surface area (Å²) in [6.45, 7) is 0. The molecule has 0 nitrogen and oxygen atoms in total. The third-order valence-electron chi connectivity index (χ3n) is 3.23. The molecular formula is C18H12BrI. The van der Waals surface area contributed by atoms with E-state index in [0.29, 0.717) is 0 Å². The molecule has 0 aliphatic carbocycles. The van der Waals surface area contributed by atoms with Crippen LogP contribution in [0.4, 0.5) is 0 Å². The van der Waals surface area contributed by atoms with Gasteiger partial charge in [-0.05, 0) is 72.9 Å². The van der Waals surface area contributed by atoms with E-state index in [-0.39, 0.29) is 0 Å². The zero-order valence-corrected chi connectivity index (χ0v) is 14.4. The van der Waals surface area contributed by atoms with Crippen molar-refractivity contribution in [3.05, 3.63) is 80.8 Å². The second-order valence-corrected chi connectivity index (χ2v) is 6.50. The van der Waals surface area contributed by atoms with E-state index in [4.69, 9.17) is 0 Å². The maximum atomic E-state index is 3.69. The van der Waals surface area contributed by atoms with Crippen molar-refractivity contribution in [1.29, 1.82) is 0 Å². The zero-order valence-electron chi connectivity index (χ0n) is 10.7. The first-order valence-electron chi connectivity index (χ1n) is 6.35. The standard InChI is InChI=1S/C18H12BrI/c19-18-16(10-5-11-17(18)20)15-9-4-8-14(12-15)13-6-2-1-3-7-13/h1-12H. The van der Waals surface area contributed by atoms with Crippen LogP contribution < -0.4 is 0 Å². The van der Waals surface area contributed by atoms with E-state index in [1.807, 2.05) is 6.07 Å². The molecule has 98 valence electrons. The maximum Gasteiger partial charge on any atom is 0.0387 e. The van der Waals surface area contributed by atoms with E-state index in [0.717, 1.165) is 4.47 Å². The van der Waals surface area contributed by atoms with Gasteiger partial charge >= 0.3 is 0 Å². The zero-order chi connectivity index (χ0) is 13.9. The van der Waals surface area contributed by atoms with Crippen LogP contribution in [0.1, 0.15) is 0 Å². The Kier molecular flexibility index (Phi) is 4.22. The highest BCUT2D eigenvalue weighted by Gasteiger charge is 2.07. The number of halogens is 2. The molecule has 0 unspecified atom stereocenters. The van der Waals surface area contributed by atoms with Crippen molar-refractivity contribution >= 4 is 38.5 Å². The first-order chi connectivity index (χ1) is 9.75. The fourth-order valence-corrected chi connectivity index (χ4v) is 3.22. The quantitative estimate of drug-likeness (QED) is 0.410. The Morgan fingerprint density at radius 2 is 1.30 bits per heavy atom. The molecule has 0 radical (unpaired) electrons. The molecule has 0 saturated heterocycles. The van der Waals surface area contributed by atoms with E-state index in [1.54, 1.807) is 0 Å². The fourth-order valence-electron chi connectivity index (χ4n) is 2.22. The molecule has 0 aliphatic rings. The largest absolute Gasteiger partial charge is 0.0622 e. The highest BCUT2D eigenvalue weighted by molar-refractivity contribution is 14.1. The molecule has 0 heterocycles. The Morgan fingerprint density at radius 3 is 2.10 bits per heavy atom. The van der Waals surface area contributed by atoms with Crippen molar-refractivity contribution in [2.45, 2.75) is 0 Å². The summed E-state index contributed by atoms with van der Waals surface area (Å²) in [5, 5.41) is 0. The van der Waals surface area contributed by atoms with Crippen molar-refractivity contribution < 1.29 is 0 Å². The van der Waals surface area contributed by atoms with Crippen LogP contribution in [0.5, 0.6) is 0 Å². The van der Waals surface area contributed by atoms with E-state index < -0.39 is 0 Å². The van der Waals surface area contributed by atoms with E-state index >= 15 is 0 Å². The van der Waals surface area contributed by atoms with Crippen molar-refractivity contribution in [3.63, 3.8) is 0 Å². The van der Waals surface area contributed by atoms with E-state index in [9.17, 15) is 0 Å². The molecule has 3 aromatic rings. The third-order valence-corrected chi connectivity index (χ3v) is 5.73. The van der Waals surface area contributed by atoms with Crippen molar-refractivity contribution in [3.8, 4) is 22.3 Å². The molecular weight excluding hydrogens is 423 g/mol. The number of hydrogen-bond donors (Lipinski definition) is 0. The topological polar surface area (TPSA) is 0 Å². The summed E-state index contributed by atoms with van der Waals surface area (Å²) >= 11 is 6.04. The molecule has 0 amide bonds. The average molecular weight is 435 g/mol. The van der Waals surface area contributed by atoms with Gasteiger partial charge in [0.05, 0.1) is 0 Å². The summed E-state index contributed by atoms with van der Waals surface area (Å²) in [7, 11) is 0. The third kappa shape index (κ3) is 2.81. The minimum absolute atomic E-state index is 1.16. The van der Waals surface area contributed by atoms with E-state index in [2.05, 4.69) is 105 Å². The van der Waals surface area contributed by atoms with Crippen LogP contribution in [0.3, 0.4) is 0 Å². The van der Waals surface area contributed by atoms with Crippen LogP contribution in [0.25, 0.3) is 22.3 Å². The van der Waals surface area contributed by atoms with Gasteiger partial charge in [-0.2, -0.15) is 0 Å². The normalized spacial score (nSPS) is 10.5. The van der Waals surface area contributed by atoms with Crippen LogP contribution in [-0.4, -0.2) is 0 Å². The Morgan fingerprint density at radius 1 is 0.650 bits per heavy atom. The fraction of sp³-hybridized carbons (Fsp3) is 0. The molecule has 0 bridgehead atoms. The SMILES string of the molecule is Brc1c(I)cccc1-c1cccc(-c2ccccc2)c1. The first-order valence-corrected chi connectivity index (χ1v) is 8.23. The van der Waals surface area contributed by atoms with Gasteiger partial charge in [0, 0.05) is 8.04 Å². The highest BCUT2D eigenvalue weighted by Crippen LogP contribution is 2.33. The number of rotatable bonds is 2. The van der Waals surface area contributed by atoms with Gasteiger partial charge in [0.25, 0.3) is 0 Å². The Labute approximate surface area is 141 Å².